The first kappa shape index (κ1) is 17.8. The van der Waals surface area contributed by atoms with Gasteiger partial charge in [-0.15, -0.1) is 0 Å². The minimum absolute atomic E-state index is 0.156. The molecule has 4 rings (SSSR count). The van der Waals surface area contributed by atoms with Gasteiger partial charge in [0.05, 0.1) is 19.2 Å². The minimum atomic E-state index is -0.378. The van der Waals surface area contributed by atoms with Gasteiger partial charge in [0.25, 0.3) is 5.56 Å². The Morgan fingerprint density at radius 1 is 1.26 bits per heavy atom. The zero-order chi connectivity index (χ0) is 19.5. The number of imidazole rings is 2. The summed E-state index contributed by atoms with van der Waals surface area (Å²) in [6.07, 6.45) is 2.24. The molecule has 0 unspecified atom stereocenters. The molecule has 0 N–H and O–H groups in total. The molecule has 1 fully saturated rings. The second-order valence-electron chi connectivity index (χ2n) is 7.53. The van der Waals surface area contributed by atoms with E-state index in [1.54, 1.807) is 14.0 Å². The van der Waals surface area contributed by atoms with E-state index < -0.39 is 0 Å². The topological polar surface area (TPSA) is 75.5 Å². The van der Waals surface area contributed by atoms with E-state index in [2.05, 4.69) is 16.1 Å². The van der Waals surface area contributed by atoms with Gasteiger partial charge in [-0.05, 0) is 33.6 Å². The molecule has 1 atom stereocenters. The quantitative estimate of drug-likeness (QED) is 0.652. The summed E-state index contributed by atoms with van der Waals surface area (Å²) in [6.45, 7) is 11.3. The van der Waals surface area contributed by atoms with E-state index in [1.807, 2.05) is 18.2 Å². The fourth-order valence-electron chi connectivity index (χ4n) is 3.93. The van der Waals surface area contributed by atoms with Crippen LogP contribution in [0.5, 0.6) is 0 Å². The second-order valence-corrected chi connectivity index (χ2v) is 7.53. The van der Waals surface area contributed by atoms with Crippen molar-refractivity contribution in [1.29, 1.82) is 0 Å². The number of rotatable bonds is 4. The summed E-state index contributed by atoms with van der Waals surface area (Å²) < 4.78 is 12.4. The highest BCUT2D eigenvalue weighted by Gasteiger charge is 2.25. The monoisotopic (exact) mass is 371 g/mol. The molecule has 0 aliphatic carbocycles. The zero-order valence-electron chi connectivity index (χ0n) is 16.3. The highest BCUT2D eigenvalue weighted by molar-refractivity contribution is 5.76. The Morgan fingerprint density at radius 2 is 2.00 bits per heavy atom. The molecule has 0 spiro atoms. The van der Waals surface area contributed by atoms with Crippen molar-refractivity contribution < 1.29 is 4.74 Å². The van der Waals surface area contributed by atoms with E-state index in [0.29, 0.717) is 23.5 Å². The van der Waals surface area contributed by atoms with Crippen LogP contribution >= 0.6 is 0 Å². The standard InChI is InChI=1S/C19H25N5O3/c1-11(2)9-23-17(25)15-16(21(5)19(23)26)20-18-22(10-14-7-6-8-27-14)12(3)13(4)24(15)18/h14H,1,6-10H2,2-5H3/t14-/m0/s1. The average molecular weight is 371 g/mol. The zero-order valence-corrected chi connectivity index (χ0v) is 16.3. The number of aromatic nitrogens is 5. The smallest absolute Gasteiger partial charge is 0.332 e. The van der Waals surface area contributed by atoms with Gasteiger partial charge in [0, 0.05) is 25.0 Å². The third kappa shape index (κ3) is 2.58. The van der Waals surface area contributed by atoms with Gasteiger partial charge in [-0.25, -0.2) is 4.79 Å². The summed E-state index contributed by atoms with van der Waals surface area (Å²) in [5, 5.41) is 0. The first-order valence-corrected chi connectivity index (χ1v) is 9.25. The first-order chi connectivity index (χ1) is 12.8. The van der Waals surface area contributed by atoms with Crippen molar-refractivity contribution in [1.82, 2.24) is 23.1 Å². The molecular weight excluding hydrogens is 346 g/mol. The molecule has 144 valence electrons. The molecule has 0 aromatic carbocycles. The molecule has 0 radical (unpaired) electrons. The molecule has 1 aliphatic heterocycles. The normalized spacial score (nSPS) is 17.4. The van der Waals surface area contributed by atoms with E-state index in [1.165, 1.54) is 9.13 Å². The second kappa shape index (κ2) is 6.23. The van der Waals surface area contributed by atoms with E-state index >= 15 is 0 Å². The van der Waals surface area contributed by atoms with Crippen LogP contribution in [0.3, 0.4) is 0 Å². The van der Waals surface area contributed by atoms with Gasteiger partial charge in [0.15, 0.2) is 11.2 Å². The molecule has 3 aromatic heterocycles. The highest BCUT2D eigenvalue weighted by Crippen LogP contribution is 2.23. The summed E-state index contributed by atoms with van der Waals surface area (Å²) >= 11 is 0. The van der Waals surface area contributed by atoms with Crippen molar-refractivity contribution in [2.24, 2.45) is 7.05 Å². The third-order valence-electron chi connectivity index (χ3n) is 5.47. The summed E-state index contributed by atoms with van der Waals surface area (Å²) in [7, 11) is 1.65. The lowest BCUT2D eigenvalue weighted by molar-refractivity contribution is 0.0974. The molecule has 3 aromatic rings. The summed E-state index contributed by atoms with van der Waals surface area (Å²) in [6, 6.07) is 0. The third-order valence-corrected chi connectivity index (χ3v) is 5.47. The molecule has 0 bridgehead atoms. The van der Waals surface area contributed by atoms with Gasteiger partial charge < -0.3 is 9.30 Å². The van der Waals surface area contributed by atoms with Crippen molar-refractivity contribution >= 4 is 16.9 Å². The van der Waals surface area contributed by atoms with Gasteiger partial charge in [0.2, 0.25) is 5.78 Å². The van der Waals surface area contributed by atoms with Crippen LogP contribution in [0.25, 0.3) is 16.9 Å². The maximum absolute atomic E-state index is 13.1. The first-order valence-electron chi connectivity index (χ1n) is 9.25. The summed E-state index contributed by atoms with van der Waals surface area (Å²) in [5.41, 5.74) is 2.87. The Hall–Kier alpha value is -2.61. The summed E-state index contributed by atoms with van der Waals surface area (Å²) in [5.74, 6) is 0.677. The molecule has 1 aliphatic rings. The highest BCUT2D eigenvalue weighted by atomic mass is 16.5. The maximum atomic E-state index is 13.1. The lowest BCUT2D eigenvalue weighted by atomic mass is 10.2. The van der Waals surface area contributed by atoms with Crippen molar-refractivity contribution in [2.45, 2.75) is 52.8 Å². The van der Waals surface area contributed by atoms with Crippen molar-refractivity contribution in [3.8, 4) is 0 Å². The fourth-order valence-corrected chi connectivity index (χ4v) is 3.93. The van der Waals surface area contributed by atoms with E-state index in [0.717, 1.165) is 36.4 Å². The predicted molar refractivity (Wildman–Crippen MR) is 103 cm³/mol. The lowest BCUT2D eigenvalue weighted by Crippen LogP contribution is -2.39. The molecule has 0 amide bonds. The van der Waals surface area contributed by atoms with E-state index in [9.17, 15) is 9.59 Å². The van der Waals surface area contributed by atoms with Gasteiger partial charge in [-0.3, -0.25) is 18.3 Å². The number of fused-ring (bicyclic) bond motifs is 3. The number of allylic oxidation sites excluding steroid dienone is 1. The number of hydrogen-bond donors (Lipinski definition) is 0. The average Bonchev–Trinajstić information content (AvgIpc) is 3.31. The van der Waals surface area contributed by atoms with E-state index in [-0.39, 0.29) is 23.9 Å². The molecule has 0 saturated carbocycles. The SMILES string of the molecule is C=C(C)Cn1c(=O)c2c(nc3n(C[C@@H]4CCCO4)c(C)c(C)n23)n(C)c1=O. The van der Waals surface area contributed by atoms with Crippen LogP contribution in [-0.4, -0.2) is 35.8 Å². The molecule has 4 heterocycles. The fraction of sp³-hybridized carbons (Fsp3) is 0.526. The number of nitrogens with zero attached hydrogens (tertiary/aromatic N) is 5. The van der Waals surface area contributed by atoms with Crippen LogP contribution in [0.15, 0.2) is 21.7 Å². The number of ether oxygens (including phenoxy) is 1. The van der Waals surface area contributed by atoms with Crippen LogP contribution in [0.1, 0.15) is 31.2 Å². The Bertz CT molecular complexity index is 1180. The van der Waals surface area contributed by atoms with Gasteiger partial charge in [-0.2, -0.15) is 4.98 Å². The Kier molecular flexibility index (Phi) is 4.10. The Labute approximate surface area is 156 Å². The van der Waals surface area contributed by atoms with Crippen molar-refractivity contribution in [3.63, 3.8) is 0 Å². The van der Waals surface area contributed by atoms with Crippen LogP contribution in [0.4, 0.5) is 0 Å². The number of hydrogen-bond acceptors (Lipinski definition) is 4. The molecule has 27 heavy (non-hydrogen) atoms. The van der Waals surface area contributed by atoms with Crippen LogP contribution < -0.4 is 11.2 Å². The van der Waals surface area contributed by atoms with Gasteiger partial charge in [0.1, 0.15) is 0 Å². The molecule has 8 nitrogen and oxygen atoms in total. The lowest BCUT2D eigenvalue weighted by Gasteiger charge is -2.12. The van der Waals surface area contributed by atoms with E-state index in [4.69, 9.17) is 4.74 Å². The van der Waals surface area contributed by atoms with Gasteiger partial charge in [-0.1, -0.05) is 12.2 Å². The molecule has 8 heteroatoms. The number of aryl methyl sites for hydroxylation is 2. The van der Waals surface area contributed by atoms with Gasteiger partial charge >= 0.3 is 5.69 Å². The molecule has 1 saturated heterocycles. The van der Waals surface area contributed by atoms with Crippen LogP contribution in [0.2, 0.25) is 0 Å². The van der Waals surface area contributed by atoms with Crippen molar-refractivity contribution in [2.75, 3.05) is 6.61 Å². The molecular formula is C19H25N5O3. The minimum Gasteiger partial charge on any atom is -0.376 e. The largest absolute Gasteiger partial charge is 0.376 e. The van der Waals surface area contributed by atoms with Crippen LogP contribution in [-0.2, 0) is 24.9 Å². The maximum Gasteiger partial charge on any atom is 0.332 e. The Balaban J connectivity index is 2.04. The Morgan fingerprint density at radius 3 is 2.63 bits per heavy atom. The predicted octanol–water partition coefficient (Wildman–Crippen LogP) is 1.52. The van der Waals surface area contributed by atoms with Crippen LogP contribution in [0, 0.1) is 13.8 Å². The summed E-state index contributed by atoms with van der Waals surface area (Å²) in [4.78, 5) is 30.5. The van der Waals surface area contributed by atoms with Crippen molar-refractivity contribution in [3.05, 3.63) is 44.4 Å².